The van der Waals surface area contributed by atoms with Crippen LogP contribution in [0.3, 0.4) is 0 Å². The Hall–Kier alpha value is -0.470. The van der Waals surface area contributed by atoms with Gasteiger partial charge in [0.2, 0.25) is 10.0 Å². The predicted octanol–water partition coefficient (Wildman–Crippen LogP) is 0.993. The topological polar surface area (TPSA) is 66.8 Å². The lowest BCUT2D eigenvalue weighted by atomic mass is 10.4. The molecule has 0 aliphatic rings. The summed E-state index contributed by atoms with van der Waals surface area (Å²) in [6, 6.07) is 1.66. The molecule has 0 aromatic carbocycles. The fraction of sp³-hybridized carbons (Fsp3) is 0.636. The summed E-state index contributed by atoms with van der Waals surface area (Å²) >= 11 is 1.45. The molecule has 1 aromatic heterocycles. The van der Waals surface area contributed by atoms with E-state index < -0.39 is 16.1 Å². The van der Waals surface area contributed by atoms with Gasteiger partial charge in [-0.1, -0.05) is 0 Å². The highest BCUT2D eigenvalue weighted by Crippen LogP contribution is 2.27. The van der Waals surface area contributed by atoms with Crippen LogP contribution in [0.15, 0.2) is 11.0 Å². The average molecular weight is 293 g/mol. The highest BCUT2D eigenvalue weighted by Gasteiger charge is 2.25. The summed E-state index contributed by atoms with van der Waals surface area (Å²) in [6.07, 6.45) is -0.824. The third-order valence-corrected chi connectivity index (χ3v) is 5.56. The van der Waals surface area contributed by atoms with Crippen molar-refractivity contribution in [1.82, 2.24) is 4.31 Å². The lowest BCUT2D eigenvalue weighted by molar-refractivity contribution is 0.0554. The molecule has 0 fully saturated rings. The highest BCUT2D eigenvalue weighted by molar-refractivity contribution is 7.89. The van der Waals surface area contributed by atoms with Crippen LogP contribution in [0.1, 0.15) is 9.75 Å². The highest BCUT2D eigenvalue weighted by atomic mass is 32.2. The van der Waals surface area contributed by atoms with Gasteiger partial charge in [0.15, 0.2) is 0 Å². The number of nitrogens with zero attached hydrogens (tertiary/aromatic N) is 1. The SMILES string of the molecule is COCC(O)CN(C)S(=O)(=O)c1cc(C)sc1C. The molecule has 0 amide bonds. The minimum absolute atomic E-state index is 0.0184. The molecular weight excluding hydrogens is 274 g/mol. The van der Waals surface area contributed by atoms with Crippen molar-refractivity contribution in [3.05, 3.63) is 15.8 Å². The number of hydrogen-bond acceptors (Lipinski definition) is 5. The third-order valence-electron chi connectivity index (χ3n) is 2.51. The Kier molecular flexibility index (Phi) is 5.30. The zero-order chi connectivity index (χ0) is 13.9. The first-order valence-corrected chi connectivity index (χ1v) is 7.75. The molecule has 0 bridgehead atoms. The Balaban J connectivity index is 2.90. The standard InChI is InChI=1S/C11H19NO4S2/c1-8-5-11(9(2)17-8)18(14,15)12(3)6-10(13)7-16-4/h5,10,13H,6-7H2,1-4H3. The molecule has 1 heterocycles. The Morgan fingerprint density at radius 2 is 2.11 bits per heavy atom. The van der Waals surface area contributed by atoms with Crippen molar-refractivity contribution in [2.75, 3.05) is 27.3 Å². The van der Waals surface area contributed by atoms with E-state index in [-0.39, 0.29) is 13.2 Å². The van der Waals surface area contributed by atoms with Crippen LogP contribution in [0.5, 0.6) is 0 Å². The van der Waals surface area contributed by atoms with Crippen LogP contribution in [-0.2, 0) is 14.8 Å². The number of thiophene rings is 1. The normalized spacial score (nSPS) is 14.1. The maximum Gasteiger partial charge on any atom is 0.244 e. The Morgan fingerprint density at radius 3 is 2.56 bits per heavy atom. The van der Waals surface area contributed by atoms with Gasteiger partial charge < -0.3 is 9.84 Å². The number of rotatable bonds is 6. The van der Waals surface area contributed by atoms with Crippen LogP contribution in [0.25, 0.3) is 0 Å². The van der Waals surface area contributed by atoms with E-state index in [2.05, 4.69) is 0 Å². The van der Waals surface area contributed by atoms with Crippen molar-refractivity contribution in [2.45, 2.75) is 24.8 Å². The van der Waals surface area contributed by atoms with Crippen LogP contribution in [0, 0.1) is 13.8 Å². The van der Waals surface area contributed by atoms with E-state index in [4.69, 9.17) is 4.74 Å². The van der Waals surface area contributed by atoms with Gasteiger partial charge in [-0.15, -0.1) is 11.3 Å². The number of ether oxygens (including phenoxy) is 1. The molecule has 1 rings (SSSR count). The van der Waals surface area contributed by atoms with Gasteiger partial charge in [-0.25, -0.2) is 8.42 Å². The van der Waals surface area contributed by atoms with Crippen molar-refractivity contribution >= 4 is 21.4 Å². The van der Waals surface area contributed by atoms with E-state index in [1.807, 2.05) is 6.92 Å². The second kappa shape index (κ2) is 6.12. The monoisotopic (exact) mass is 293 g/mol. The van der Waals surface area contributed by atoms with Crippen molar-refractivity contribution in [3.8, 4) is 0 Å². The van der Waals surface area contributed by atoms with Crippen molar-refractivity contribution < 1.29 is 18.3 Å². The predicted molar refractivity (Wildman–Crippen MR) is 71.5 cm³/mol. The van der Waals surface area contributed by atoms with E-state index in [1.54, 1.807) is 13.0 Å². The maximum atomic E-state index is 12.3. The molecule has 0 saturated carbocycles. The van der Waals surface area contributed by atoms with Gasteiger partial charge in [0.1, 0.15) is 0 Å². The molecule has 0 aliphatic heterocycles. The largest absolute Gasteiger partial charge is 0.389 e. The van der Waals surface area contributed by atoms with Crippen molar-refractivity contribution in [1.29, 1.82) is 0 Å². The Labute approximate surface area is 112 Å². The lowest BCUT2D eigenvalue weighted by Gasteiger charge is -2.20. The number of sulfonamides is 1. The van der Waals surface area contributed by atoms with Crippen LogP contribution in [-0.4, -0.2) is 51.2 Å². The first-order valence-electron chi connectivity index (χ1n) is 5.49. The first kappa shape index (κ1) is 15.6. The van der Waals surface area contributed by atoms with E-state index in [1.165, 1.54) is 25.5 Å². The minimum atomic E-state index is -3.53. The number of hydrogen-bond donors (Lipinski definition) is 1. The second-order valence-electron chi connectivity index (χ2n) is 4.17. The van der Waals surface area contributed by atoms with Gasteiger partial charge in [0, 0.05) is 30.5 Å². The molecule has 0 saturated heterocycles. The number of methoxy groups -OCH3 is 1. The molecular formula is C11H19NO4S2. The molecule has 104 valence electrons. The summed E-state index contributed by atoms with van der Waals surface area (Å²) in [4.78, 5) is 2.04. The van der Waals surface area contributed by atoms with Crippen molar-refractivity contribution in [3.63, 3.8) is 0 Å². The second-order valence-corrected chi connectivity index (χ2v) is 7.65. The quantitative estimate of drug-likeness (QED) is 0.849. The average Bonchev–Trinajstić information content (AvgIpc) is 2.58. The number of aliphatic hydroxyl groups is 1. The zero-order valence-corrected chi connectivity index (χ0v) is 12.6. The van der Waals surface area contributed by atoms with Gasteiger partial charge in [-0.3, -0.25) is 0 Å². The fourth-order valence-corrected chi connectivity index (χ4v) is 4.40. The molecule has 1 unspecified atom stereocenters. The molecule has 18 heavy (non-hydrogen) atoms. The van der Waals surface area contributed by atoms with Gasteiger partial charge >= 0.3 is 0 Å². The Bertz CT molecular complexity index is 495. The summed E-state index contributed by atoms with van der Waals surface area (Å²) in [5.74, 6) is 0. The zero-order valence-electron chi connectivity index (χ0n) is 11.0. The van der Waals surface area contributed by atoms with E-state index >= 15 is 0 Å². The molecule has 0 radical (unpaired) electrons. The van der Waals surface area contributed by atoms with Gasteiger partial charge in [-0.2, -0.15) is 4.31 Å². The van der Waals surface area contributed by atoms with Crippen molar-refractivity contribution in [2.24, 2.45) is 0 Å². The Morgan fingerprint density at radius 1 is 1.50 bits per heavy atom. The molecule has 0 spiro atoms. The van der Waals surface area contributed by atoms with Gasteiger partial charge in [0.05, 0.1) is 17.6 Å². The summed E-state index contributed by atoms with van der Waals surface area (Å²) in [5.41, 5.74) is 0. The number of aryl methyl sites for hydroxylation is 2. The molecule has 1 N–H and O–H groups in total. The van der Waals surface area contributed by atoms with Crippen LogP contribution in [0.4, 0.5) is 0 Å². The van der Waals surface area contributed by atoms with E-state index in [9.17, 15) is 13.5 Å². The lowest BCUT2D eigenvalue weighted by Crippen LogP contribution is -2.36. The van der Waals surface area contributed by atoms with E-state index in [0.29, 0.717) is 4.90 Å². The van der Waals surface area contributed by atoms with Crippen LogP contribution < -0.4 is 0 Å². The molecule has 1 atom stereocenters. The van der Waals surface area contributed by atoms with Crippen LogP contribution in [0.2, 0.25) is 0 Å². The molecule has 7 heteroatoms. The molecule has 0 aliphatic carbocycles. The maximum absolute atomic E-state index is 12.3. The number of aliphatic hydroxyl groups excluding tert-OH is 1. The summed E-state index contributed by atoms with van der Waals surface area (Å²) in [7, 11) is -0.613. The third kappa shape index (κ3) is 3.52. The van der Waals surface area contributed by atoms with Gasteiger partial charge in [-0.05, 0) is 19.9 Å². The minimum Gasteiger partial charge on any atom is -0.389 e. The molecule has 5 nitrogen and oxygen atoms in total. The summed E-state index contributed by atoms with van der Waals surface area (Å²) in [5, 5.41) is 9.58. The summed E-state index contributed by atoms with van der Waals surface area (Å²) in [6.45, 7) is 3.78. The number of likely N-dealkylation sites (N-methyl/N-ethyl adjacent to an activating group) is 1. The van der Waals surface area contributed by atoms with Gasteiger partial charge in [0.25, 0.3) is 0 Å². The smallest absolute Gasteiger partial charge is 0.244 e. The fourth-order valence-electron chi connectivity index (χ4n) is 1.67. The van der Waals surface area contributed by atoms with Crippen LogP contribution >= 0.6 is 11.3 Å². The first-order chi connectivity index (χ1) is 8.28. The molecule has 1 aromatic rings. The summed E-state index contributed by atoms with van der Waals surface area (Å²) < 4.78 is 30.5. The van der Waals surface area contributed by atoms with E-state index in [0.717, 1.165) is 14.1 Å².